The average Bonchev–Trinajstić information content (AvgIpc) is 3.18. The first-order chi connectivity index (χ1) is 14.8. The van der Waals surface area contributed by atoms with Crippen LogP contribution in [0.4, 0.5) is 0 Å². The zero-order valence-corrected chi connectivity index (χ0v) is 19.1. The van der Waals surface area contributed by atoms with Crippen LogP contribution >= 0.6 is 0 Å². The van der Waals surface area contributed by atoms with Crippen LogP contribution in [0.25, 0.3) is 0 Å². The number of fused-ring (bicyclic) bond motifs is 3. The zero-order valence-electron chi connectivity index (χ0n) is 19.1. The van der Waals surface area contributed by atoms with Gasteiger partial charge in [0.25, 0.3) is 0 Å². The maximum Gasteiger partial charge on any atom is 0.317 e. The molecule has 0 aromatic heterocycles. The number of allylic oxidation sites excluding steroid dienone is 4. The van der Waals surface area contributed by atoms with Gasteiger partial charge in [-0.3, -0.25) is 14.4 Å². The van der Waals surface area contributed by atoms with Gasteiger partial charge in [-0.05, 0) is 55.1 Å². The van der Waals surface area contributed by atoms with E-state index in [4.69, 9.17) is 4.74 Å². The Balaban J connectivity index is 1.63. The number of carbonyl (C=O) groups is 3. The molecule has 2 fully saturated rings. The molecule has 166 valence electrons. The lowest BCUT2D eigenvalue weighted by Gasteiger charge is -2.51. The standard InChI is InChI=1S/C27H34O4/c1-4-5-14-31-24(30)19-16-17-15-18(28)6-12-26(17,3)20-8-13-27-21(23(19)20)7-10-25(27,2)11-9-22(27)29/h7,16,19H,4-6,8-15H2,1-3H3/t19-,25+,26?,27-/m1/s1. The minimum Gasteiger partial charge on any atom is -0.465 e. The van der Waals surface area contributed by atoms with Gasteiger partial charge in [0.2, 0.25) is 0 Å². The number of Topliss-reactive ketones (excluding diaryl/α,β-unsaturated/α-hetero) is 2. The summed E-state index contributed by atoms with van der Waals surface area (Å²) in [6.45, 7) is 7.03. The van der Waals surface area contributed by atoms with E-state index in [9.17, 15) is 14.4 Å². The van der Waals surface area contributed by atoms with Crippen molar-refractivity contribution in [1.82, 2.24) is 0 Å². The van der Waals surface area contributed by atoms with Crippen molar-refractivity contribution >= 4 is 17.5 Å². The molecule has 2 saturated carbocycles. The topological polar surface area (TPSA) is 60.4 Å². The third-order valence-electron chi connectivity index (χ3n) is 9.33. The summed E-state index contributed by atoms with van der Waals surface area (Å²) in [6, 6.07) is 0. The Labute approximate surface area is 185 Å². The molecule has 4 nitrogen and oxygen atoms in total. The molecule has 0 radical (unpaired) electrons. The molecule has 1 spiro atoms. The molecule has 0 aliphatic heterocycles. The second-order valence-corrected chi connectivity index (χ2v) is 10.8. The fourth-order valence-corrected chi connectivity index (χ4v) is 7.37. The van der Waals surface area contributed by atoms with Crippen molar-refractivity contribution in [3.63, 3.8) is 0 Å². The van der Waals surface area contributed by atoms with Crippen molar-refractivity contribution in [3.05, 3.63) is 34.4 Å². The Bertz CT molecular complexity index is 966. The molecule has 5 aliphatic carbocycles. The lowest BCUT2D eigenvalue weighted by molar-refractivity contribution is -0.146. The van der Waals surface area contributed by atoms with Gasteiger partial charge in [0.15, 0.2) is 0 Å². The fourth-order valence-electron chi connectivity index (χ4n) is 7.37. The van der Waals surface area contributed by atoms with Gasteiger partial charge in [0, 0.05) is 24.7 Å². The molecule has 0 saturated heterocycles. The van der Waals surface area contributed by atoms with Crippen LogP contribution in [0, 0.1) is 22.2 Å². The lowest BCUT2D eigenvalue weighted by atomic mass is 9.51. The van der Waals surface area contributed by atoms with E-state index < -0.39 is 11.3 Å². The van der Waals surface area contributed by atoms with Crippen LogP contribution in [0.5, 0.6) is 0 Å². The second kappa shape index (κ2) is 7.02. The summed E-state index contributed by atoms with van der Waals surface area (Å²) in [4.78, 5) is 39.0. The van der Waals surface area contributed by atoms with Gasteiger partial charge in [0.05, 0.1) is 12.0 Å². The van der Waals surface area contributed by atoms with Crippen LogP contribution in [0.15, 0.2) is 34.4 Å². The number of carbonyl (C=O) groups excluding carboxylic acids is 3. The van der Waals surface area contributed by atoms with Gasteiger partial charge < -0.3 is 4.74 Å². The number of ether oxygens (including phenoxy) is 1. The first-order valence-electron chi connectivity index (χ1n) is 12.1. The Morgan fingerprint density at radius 3 is 2.71 bits per heavy atom. The summed E-state index contributed by atoms with van der Waals surface area (Å²) in [5.41, 5.74) is 3.97. The van der Waals surface area contributed by atoms with E-state index in [1.807, 2.05) is 6.08 Å². The molecule has 0 bridgehead atoms. The number of hydrogen-bond donors (Lipinski definition) is 0. The molecule has 0 N–H and O–H groups in total. The number of hydrogen-bond acceptors (Lipinski definition) is 4. The Morgan fingerprint density at radius 1 is 1.13 bits per heavy atom. The minimum atomic E-state index is -0.486. The first kappa shape index (κ1) is 20.9. The van der Waals surface area contributed by atoms with Gasteiger partial charge in [-0.1, -0.05) is 50.5 Å². The molecule has 0 amide bonds. The van der Waals surface area contributed by atoms with Crippen molar-refractivity contribution < 1.29 is 19.1 Å². The van der Waals surface area contributed by atoms with Crippen molar-refractivity contribution in [2.45, 2.75) is 85.0 Å². The van der Waals surface area contributed by atoms with Gasteiger partial charge >= 0.3 is 5.97 Å². The van der Waals surface area contributed by atoms with Crippen molar-refractivity contribution in [1.29, 1.82) is 0 Å². The van der Waals surface area contributed by atoms with Crippen LogP contribution < -0.4 is 0 Å². The minimum absolute atomic E-state index is 0.0258. The fraction of sp³-hybridized carbons (Fsp3) is 0.667. The average molecular weight is 423 g/mol. The maximum atomic E-state index is 13.3. The maximum absolute atomic E-state index is 13.3. The third-order valence-corrected chi connectivity index (χ3v) is 9.33. The summed E-state index contributed by atoms with van der Waals surface area (Å²) in [5.74, 6) is -0.0792. The molecule has 31 heavy (non-hydrogen) atoms. The predicted molar refractivity (Wildman–Crippen MR) is 118 cm³/mol. The number of unbranched alkanes of at least 4 members (excludes halogenated alkanes) is 1. The highest BCUT2D eigenvalue weighted by Crippen LogP contribution is 2.70. The molecule has 4 atom stereocenters. The second-order valence-electron chi connectivity index (χ2n) is 10.8. The quantitative estimate of drug-likeness (QED) is 0.345. The highest BCUT2D eigenvalue weighted by molar-refractivity contribution is 5.96. The van der Waals surface area contributed by atoms with E-state index in [-0.39, 0.29) is 22.6 Å². The van der Waals surface area contributed by atoms with Crippen molar-refractivity contribution in [2.24, 2.45) is 22.2 Å². The molecule has 0 heterocycles. The molecule has 4 heteroatoms. The SMILES string of the molecule is CCCCOC(=O)[C@@H]1C=C2CC(=O)CCC2(C)C2=C1C1=CC[C@@]3(C)CCC(=O)[C@@]13CC2. The van der Waals surface area contributed by atoms with E-state index in [2.05, 4.69) is 26.8 Å². The van der Waals surface area contributed by atoms with Crippen molar-refractivity contribution in [3.8, 4) is 0 Å². The summed E-state index contributed by atoms with van der Waals surface area (Å²) in [6.07, 6.45) is 12.2. The Kier molecular flexibility index (Phi) is 4.73. The number of rotatable bonds is 4. The molecule has 0 aromatic rings. The largest absolute Gasteiger partial charge is 0.465 e. The smallest absolute Gasteiger partial charge is 0.317 e. The Morgan fingerprint density at radius 2 is 1.94 bits per heavy atom. The Hall–Kier alpha value is -1.97. The van der Waals surface area contributed by atoms with Crippen LogP contribution in [-0.2, 0) is 19.1 Å². The van der Waals surface area contributed by atoms with E-state index in [1.165, 1.54) is 5.57 Å². The highest BCUT2D eigenvalue weighted by Gasteiger charge is 2.65. The van der Waals surface area contributed by atoms with Crippen molar-refractivity contribution in [2.75, 3.05) is 6.61 Å². The lowest BCUT2D eigenvalue weighted by Crippen LogP contribution is -2.46. The van der Waals surface area contributed by atoms with Crippen LogP contribution in [0.2, 0.25) is 0 Å². The van der Waals surface area contributed by atoms with Gasteiger partial charge in [-0.25, -0.2) is 0 Å². The molecular formula is C27H34O4. The van der Waals surface area contributed by atoms with Crippen LogP contribution in [-0.4, -0.2) is 24.1 Å². The summed E-state index contributed by atoms with van der Waals surface area (Å²) >= 11 is 0. The summed E-state index contributed by atoms with van der Waals surface area (Å²) in [5, 5.41) is 0. The van der Waals surface area contributed by atoms with Crippen LogP contribution in [0.1, 0.15) is 85.0 Å². The van der Waals surface area contributed by atoms with Gasteiger partial charge in [-0.15, -0.1) is 0 Å². The monoisotopic (exact) mass is 422 g/mol. The third kappa shape index (κ3) is 2.69. The van der Waals surface area contributed by atoms with E-state index in [1.54, 1.807) is 0 Å². The van der Waals surface area contributed by atoms with Gasteiger partial charge in [0.1, 0.15) is 17.5 Å². The molecule has 5 aliphatic rings. The number of ketones is 2. The summed E-state index contributed by atoms with van der Waals surface area (Å²) in [7, 11) is 0. The number of esters is 1. The van der Waals surface area contributed by atoms with E-state index in [0.717, 1.165) is 61.7 Å². The van der Waals surface area contributed by atoms with E-state index in [0.29, 0.717) is 31.7 Å². The molecule has 0 aromatic carbocycles. The van der Waals surface area contributed by atoms with Crippen LogP contribution in [0.3, 0.4) is 0 Å². The van der Waals surface area contributed by atoms with E-state index >= 15 is 0 Å². The zero-order chi connectivity index (χ0) is 22.0. The normalized spacial score (nSPS) is 38.7. The molecular weight excluding hydrogens is 388 g/mol. The predicted octanol–water partition coefficient (Wildman–Crippen LogP) is 5.42. The molecule has 5 rings (SSSR count). The summed E-state index contributed by atoms with van der Waals surface area (Å²) < 4.78 is 5.71. The van der Waals surface area contributed by atoms with Gasteiger partial charge in [-0.2, -0.15) is 0 Å². The highest BCUT2D eigenvalue weighted by atomic mass is 16.5. The first-order valence-corrected chi connectivity index (χ1v) is 12.1. The molecule has 1 unspecified atom stereocenters.